The summed E-state index contributed by atoms with van der Waals surface area (Å²) in [5, 5.41) is 2.73. The van der Waals surface area contributed by atoms with Crippen LogP contribution in [-0.4, -0.2) is 55.6 Å². The van der Waals surface area contributed by atoms with Crippen LogP contribution in [0.15, 0.2) is 53.4 Å². The average molecular weight is 446 g/mol. The van der Waals surface area contributed by atoms with Crippen LogP contribution in [0.2, 0.25) is 0 Å². The van der Waals surface area contributed by atoms with Crippen molar-refractivity contribution in [3.63, 3.8) is 0 Å². The van der Waals surface area contributed by atoms with E-state index in [2.05, 4.69) is 5.32 Å². The van der Waals surface area contributed by atoms with E-state index in [0.29, 0.717) is 6.54 Å². The lowest BCUT2D eigenvalue weighted by atomic mass is 10.1. The van der Waals surface area contributed by atoms with Gasteiger partial charge in [-0.3, -0.25) is 9.59 Å². The van der Waals surface area contributed by atoms with Gasteiger partial charge in [0.25, 0.3) is 0 Å². The number of aryl methyl sites for hydroxylation is 2. The van der Waals surface area contributed by atoms with Gasteiger partial charge in [-0.1, -0.05) is 42.0 Å². The fourth-order valence-corrected chi connectivity index (χ4v) is 4.25. The van der Waals surface area contributed by atoms with E-state index in [1.165, 1.54) is 24.1 Å². The zero-order valence-electron chi connectivity index (χ0n) is 18.8. The number of benzene rings is 2. The van der Waals surface area contributed by atoms with E-state index in [9.17, 15) is 18.0 Å². The number of rotatable bonds is 9. The van der Waals surface area contributed by atoms with E-state index in [1.807, 2.05) is 38.1 Å². The molecule has 1 N–H and O–H groups in total. The van der Waals surface area contributed by atoms with Crippen LogP contribution >= 0.6 is 0 Å². The Hall–Kier alpha value is -2.71. The molecule has 0 bridgehead atoms. The Bertz CT molecular complexity index is 1020. The molecule has 0 unspecified atom stereocenters. The summed E-state index contributed by atoms with van der Waals surface area (Å²) >= 11 is 0. The molecule has 0 aliphatic rings. The van der Waals surface area contributed by atoms with E-state index >= 15 is 0 Å². The maximum Gasteiger partial charge on any atom is 0.243 e. The van der Waals surface area contributed by atoms with Crippen LogP contribution in [0.1, 0.15) is 30.5 Å². The summed E-state index contributed by atoms with van der Waals surface area (Å²) in [6.45, 7) is 7.54. The van der Waals surface area contributed by atoms with Gasteiger partial charge < -0.3 is 10.2 Å². The summed E-state index contributed by atoms with van der Waals surface area (Å²) in [6, 6.07) is 13.3. The summed E-state index contributed by atoms with van der Waals surface area (Å²) in [7, 11) is -2.47. The molecule has 2 amide bonds. The molecule has 2 aromatic carbocycles. The van der Waals surface area contributed by atoms with E-state index in [1.54, 1.807) is 26.0 Å². The normalized spacial score (nSPS) is 12.5. The van der Waals surface area contributed by atoms with Gasteiger partial charge in [0, 0.05) is 20.1 Å². The first-order chi connectivity index (χ1) is 14.6. The topological polar surface area (TPSA) is 86.8 Å². The number of nitrogens with one attached hydrogen (secondary N) is 1. The van der Waals surface area contributed by atoms with E-state index in [0.717, 1.165) is 21.0 Å². The summed E-state index contributed by atoms with van der Waals surface area (Å²) in [5.41, 5.74) is 2.83. The van der Waals surface area contributed by atoms with Gasteiger partial charge in [0.05, 0.1) is 11.4 Å². The molecule has 31 heavy (non-hydrogen) atoms. The van der Waals surface area contributed by atoms with Crippen LogP contribution in [-0.2, 0) is 26.2 Å². The number of sulfonamides is 1. The van der Waals surface area contributed by atoms with Crippen LogP contribution in [0.25, 0.3) is 0 Å². The minimum atomic E-state index is -3.84. The van der Waals surface area contributed by atoms with Gasteiger partial charge in [-0.05, 0) is 51.0 Å². The number of amides is 2. The number of carbonyl (C=O) groups is 2. The highest BCUT2D eigenvalue weighted by molar-refractivity contribution is 7.89. The molecule has 2 aromatic rings. The Morgan fingerprint density at radius 2 is 1.65 bits per heavy atom. The maximum absolute atomic E-state index is 13.2. The largest absolute Gasteiger partial charge is 0.355 e. The molecule has 168 valence electrons. The third-order valence-corrected chi connectivity index (χ3v) is 7.02. The lowest BCUT2D eigenvalue weighted by Gasteiger charge is -2.30. The molecule has 0 aromatic heterocycles. The standard InChI is InChI=1S/C23H31N3O4S/c1-6-24-23(28)19(4)26(15-20-10-8-7-9-18(20)3)22(27)16-25(5)31(29,30)21-13-11-17(2)12-14-21/h7-14,19H,6,15-16H2,1-5H3,(H,24,28)/t19-/m1/s1. The second kappa shape index (κ2) is 10.5. The number of hydrogen-bond donors (Lipinski definition) is 1. The summed E-state index contributed by atoms with van der Waals surface area (Å²) < 4.78 is 26.8. The van der Waals surface area contributed by atoms with Crippen LogP contribution in [0.5, 0.6) is 0 Å². The van der Waals surface area contributed by atoms with Crippen molar-refractivity contribution >= 4 is 21.8 Å². The average Bonchev–Trinajstić information content (AvgIpc) is 2.73. The second-order valence-electron chi connectivity index (χ2n) is 7.59. The molecule has 0 aliphatic heterocycles. The Balaban J connectivity index is 2.28. The molecule has 1 atom stereocenters. The summed E-state index contributed by atoms with van der Waals surface area (Å²) in [6.07, 6.45) is 0. The highest BCUT2D eigenvalue weighted by atomic mass is 32.2. The maximum atomic E-state index is 13.2. The number of nitrogens with zero attached hydrogens (tertiary/aromatic N) is 2. The molecule has 0 spiro atoms. The van der Waals surface area contributed by atoms with Crippen molar-refractivity contribution in [3.05, 3.63) is 65.2 Å². The van der Waals surface area contributed by atoms with Crippen LogP contribution in [0.3, 0.4) is 0 Å². The van der Waals surface area contributed by atoms with Crippen molar-refractivity contribution in [2.45, 2.75) is 45.2 Å². The first-order valence-electron chi connectivity index (χ1n) is 10.2. The van der Waals surface area contributed by atoms with Crippen molar-refractivity contribution < 1.29 is 18.0 Å². The summed E-state index contributed by atoms with van der Waals surface area (Å²) in [5.74, 6) is -0.728. The van der Waals surface area contributed by atoms with Crippen molar-refractivity contribution in [2.24, 2.45) is 0 Å². The molecule has 7 nitrogen and oxygen atoms in total. The van der Waals surface area contributed by atoms with Gasteiger partial charge >= 0.3 is 0 Å². The molecule has 0 fully saturated rings. The van der Waals surface area contributed by atoms with Gasteiger partial charge in [-0.15, -0.1) is 0 Å². The first kappa shape index (κ1) is 24.6. The molecular weight excluding hydrogens is 414 g/mol. The van der Waals surface area contributed by atoms with Crippen molar-refractivity contribution in [2.75, 3.05) is 20.1 Å². The Morgan fingerprint density at radius 1 is 1.03 bits per heavy atom. The SMILES string of the molecule is CCNC(=O)[C@@H](C)N(Cc1ccccc1C)C(=O)CN(C)S(=O)(=O)c1ccc(C)cc1. The molecule has 2 rings (SSSR count). The Kier molecular flexibility index (Phi) is 8.36. The summed E-state index contributed by atoms with van der Waals surface area (Å²) in [4.78, 5) is 27.2. The van der Waals surface area contributed by atoms with Crippen LogP contribution in [0, 0.1) is 13.8 Å². The van der Waals surface area contributed by atoms with Gasteiger partial charge in [0.1, 0.15) is 6.04 Å². The fourth-order valence-electron chi connectivity index (χ4n) is 3.13. The quantitative estimate of drug-likeness (QED) is 0.642. The molecule has 0 aliphatic carbocycles. The van der Waals surface area contributed by atoms with Gasteiger partial charge in [-0.2, -0.15) is 4.31 Å². The van der Waals surface area contributed by atoms with Gasteiger partial charge in [0.2, 0.25) is 21.8 Å². The minimum Gasteiger partial charge on any atom is -0.355 e. The van der Waals surface area contributed by atoms with E-state index < -0.39 is 22.0 Å². The van der Waals surface area contributed by atoms with Crippen molar-refractivity contribution in [3.8, 4) is 0 Å². The Labute approximate surface area is 185 Å². The fraction of sp³-hybridized carbons (Fsp3) is 0.391. The third kappa shape index (κ3) is 6.15. The van der Waals surface area contributed by atoms with Crippen molar-refractivity contribution in [1.82, 2.24) is 14.5 Å². The smallest absolute Gasteiger partial charge is 0.243 e. The van der Waals surface area contributed by atoms with E-state index in [4.69, 9.17) is 0 Å². The molecule has 8 heteroatoms. The zero-order valence-corrected chi connectivity index (χ0v) is 19.6. The molecule has 0 saturated heterocycles. The second-order valence-corrected chi connectivity index (χ2v) is 9.64. The Morgan fingerprint density at radius 3 is 2.23 bits per heavy atom. The third-order valence-electron chi connectivity index (χ3n) is 5.21. The molecule has 0 heterocycles. The van der Waals surface area contributed by atoms with Gasteiger partial charge in [-0.25, -0.2) is 8.42 Å². The first-order valence-corrected chi connectivity index (χ1v) is 11.7. The highest BCUT2D eigenvalue weighted by Gasteiger charge is 2.30. The number of likely N-dealkylation sites (N-methyl/N-ethyl adjacent to an activating group) is 2. The van der Waals surface area contributed by atoms with Crippen LogP contribution < -0.4 is 5.32 Å². The number of hydrogen-bond acceptors (Lipinski definition) is 4. The van der Waals surface area contributed by atoms with Crippen LogP contribution in [0.4, 0.5) is 0 Å². The van der Waals surface area contributed by atoms with E-state index in [-0.39, 0.29) is 23.9 Å². The predicted octanol–water partition coefficient (Wildman–Crippen LogP) is 2.48. The van der Waals surface area contributed by atoms with Gasteiger partial charge in [0.15, 0.2) is 0 Å². The monoisotopic (exact) mass is 445 g/mol. The minimum absolute atomic E-state index is 0.121. The molecule has 0 saturated carbocycles. The highest BCUT2D eigenvalue weighted by Crippen LogP contribution is 2.17. The number of carbonyl (C=O) groups excluding carboxylic acids is 2. The predicted molar refractivity (Wildman–Crippen MR) is 121 cm³/mol. The lowest BCUT2D eigenvalue weighted by Crippen LogP contribution is -2.50. The van der Waals surface area contributed by atoms with Crippen molar-refractivity contribution in [1.29, 1.82) is 0 Å². The lowest BCUT2D eigenvalue weighted by molar-refractivity contribution is -0.140. The zero-order chi connectivity index (χ0) is 23.2. The molecular formula is C23H31N3O4S. The molecule has 0 radical (unpaired) electrons.